The first-order valence-corrected chi connectivity index (χ1v) is 11.2. The molecule has 0 radical (unpaired) electrons. The van der Waals surface area contributed by atoms with Crippen molar-refractivity contribution in [3.05, 3.63) is 0 Å². The topological polar surface area (TPSA) is 49.3 Å². The number of ether oxygens (including phenoxy) is 2. The standard InChI is InChI=1S/C21H40N4O2.HI/c1-3-22-21(23-15-18-7-6-11-24(2)16-18)25-12-9-19(10-13-25)27-17-20-8-4-5-14-26-20;/h18-20H,3-17H2,1-2H3,(H,22,23);1H. The van der Waals surface area contributed by atoms with Gasteiger partial charge in [0.25, 0.3) is 0 Å². The molecule has 0 bridgehead atoms. The third-order valence-electron chi connectivity index (χ3n) is 6.09. The van der Waals surface area contributed by atoms with Gasteiger partial charge in [-0.25, -0.2) is 0 Å². The molecular weight excluding hydrogens is 467 g/mol. The molecule has 3 aliphatic rings. The lowest BCUT2D eigenvalue weighted by Gasteiger charge is -2.35. The lowest BCUT2D eigenvalue weighted by atomic mass is 9.99. The molecule has 2 atom stereocenters. The average Bonchev–Trinajstić information content (AvgIpc) is 2.71. The number of guanidine groups is 1. The smallest absolute Gasteiger partial charge is 0.193 e. The molecule has 0 aromatic heterocycles. The van der Waals surface area contributed by atoms with Gasteiger partial charge in [-0.15, -0.1) is 24.0 Å². The number of nitrogens with zero attached hydrogens (tertiary/aromatic N) is 3. The van der Waals surface area contributed by atoms with E-state index in [9.17, 15) is 0 Å². The third-order valence-corrected chi connectivity index (χ3v) is 6.09. The first kappa shape index (κ1) is 24.2. The van der Waals surface area contributed by atoms with E-state index in [2.05, 4.69) is 29.1 Å². The minimum Gasteiger partial charge on any atom is -0.376 e. The van der Waals surface area contributed by atoms with Gasteiger partial charge in [0.1, 0.15) is 0 Å². The Hall–Kier alpha value is -0.120. The van der Waals surface area contributed by atoms with Crippen LogP contribution in [0.25, 0.3) is 0 Å². The molecule has 3 rings (SSSR count). The van der Waals surface area contributed by atoms with Crippen LogP contribution in [0.1, 0.15) is 51.9 Å². The van der Waals surface area contributed by atoms with Crippen LogP contribution in [0.5, 0.6) is 0 Å². The molecule has 3 aliphatic heterocycles. The second-order valence-electron chi connectivity index (χ2n) is 8.47. The van der Waals surface area contributed by atoms with E-state index >= 15 is 0 Å². The van der Waals surface area contributed by atoms with Crippen LogP contribution in [0, 0.1) is 5.92 Å². The minimum absolute atomic E-state index is 0. The van der Waals surface area contributed by atoms with Gasteiger partial charge in [0.05, 0.1) is 18.8 Å². The van der Waals surface area contributed by atoms with Gasteiger partial charge in [0, 0.05) is 39.3 Å². The molecule has 3 heterocycles. The summed E-state index contributed by atoms with van der Waals surface area (Å²) in [5.74, 6) is 1.80. The van der Waals surface area contributed by atoms with Gasteiger partial charge in [-0.2, -0.15) is 0 Å². The molecule has 0 spiro atoms. The van der Waals surface area contributed by atoms with E-state index in [0.29, 0.717) is 18.1 Å². The van der Waals surface area contributed by atoms with Crippen molar-refractivity contribution in [3.63, 3.8) is 0 Å². The van der Waals surface area contributed by atoms with Gasteiger partial charge >= 0.3 is 0 Å². The molecule has 7 heteroatoms. The lowest BCUT2D eigenvalue weighted by Crippen LogP contribution is -2.47. The van der Waals surface area contributed by atoms with Gasteiger partial charge in [-0.3, -0.25) is 4.99 Å². The number of piperidine rings is 2. The highest BCUT2D eigenvalue weighted by atomic mass is 127. The number of halogens is 1. The van der Waals surface area contributed by atoms with Gasteiger partial charge in [0.2, 0.25) is 0 Å². The van der Waals surface area contributed by atoms with Gasteiger partial charge in [0.15, 0.2) is 5.96 Å². The second kappa shape index (κ2) is 13.2. The van der Waals surface area contributed by atoms with E-state index in [1.807, 2.05) is 0 Å². The van der Waals surface area contributed by atoms with Crippen LogP contribution in [0.3, 0.4) is 0 Å². The molecule has 0 aromatic carbocycles. The number of hydrogen-bond acceptors (Lipinski definition) is 4. The van der Waals surface area contributed by atoms with E-state index in [-0.39, 0.29) is 24.0 Å². The Bertz CT molecular complexity index is 452. The summed E-state index contributed by atoms with van der Waals surface area (Å²) >= 11 is 0. The van der Waals surface area contributed by atoms with Crippen molar-refractivity contribution in [3.8, 4) is 0 Å². The molecule has 0 aromatic rings. The highest BCUT2D eigenvalue weighted by Crippen LogP contribution is 2.19. The molecule has 164 valence electrons. The van der Waals surface area contributed by atoms with Crippen molar-refractivity contribution in [1.29, 1.82) is 0 Å². The zero-order valence-corrected chi connectivity index (χ0v) is 20.2. The van der Waals surface area contributed by atoms with E-state index < -0.39 is 0 Å². The molecule has 0 aliphatic carbocycles. The number of rotatable bonds is 6. The summed E-state index contributed by atoms with van der Waals surface area (Å²) in [6.07, 6.45) is 9.14. The summed E-state index contributed by atoms with van der Waals surface area (Å²) in [4.78, 5) is 9.85. The summed E-state index contributed by atoms with van der Waals surface area (Å²) in [6, 6.07) is 0. The van der Waals surface area contributed by atoms with E-state index in [1.54, 1.807) is 0 Å². The number of nitrogens with one attached hydrogen (secondary N) is 1. The largest absolute Gasteiger partial charge is 0.376 e. The maximum atomic E-state index is 6.16. The van der Waals surface area contributed by atoms with Crippen LogP contribution in [0.4, 0.5) is 0 Å². The Morgan fingerprint density at radius 1 is 1.11 bits per heavy atom. The van der Waals surface area contributed by atoms with Crippen LogP contribution in [-0.2, 0) is 9.47 Å². The second-order valence-corrected chi connectivity index (χ2v) is 8.47. The summed E-state index contributed by atoms with van der Waals surface area (Å²) < 4.78 is 11.9. The summed E-state index contributed by atoms with van der Waals surface area (Å²) in [5, 5.41) is 3.50. The first-order valence-electron chi connectivity index (χ1n) is 11.2. The molecule has 1 N–H and O–H groups in total. The number of aliphatic imine (C=N–C) groups is 1. The van der Waals surface area contributed by atoms with Crippen LogP contribution >= 0.6 is 24.0 Å². The highest BCUT2D eigenvalue weighted by molar-refractivity contribution is 14.0. The zero-order valence-electron chi connectivity index (χ0n) is 17.9. The van der Waals surface area contributed by atoms with Crippen LogP contribution < -0.4 is 5.32 Å². The molecular formula is C21H41IN4O2. The predicted molar refractivity (Wildman–Crippen MR) is 126 cm³/mol. The highest BCUT2D eigenvalue weighted by Gasteiger charge is 2.24. The molecule has 6 nitrogen and oxygen atoms in total. The molecule has 0 saturated carbocycles. The summed E-state index contributed by atoms with van der Waals surface area (Å²) in [7, 11) is 2.23. The van der Waals surface area contributed by atoms with Crippen molar-refractivity contribution >= 4 is 29.9 Å². The van der Waals surface area contributed by atoms with Crippen molar-refractivity contribution in [2.75, 3.05) is 59.5 Å². The molecule has 3 fully saturated rings. The van der Waals surface area contributed by atoms with Gasteiger partial charge in [-0.1, -0.05) is 0 Å². The predicted octanol–water partition coefficient (Wildman–Crippen LogP) is 2.96. The Balaban J connectivity index is 0.00000280. The van der Waals surface area contributed by atoms with E-state index in [0.717, 1.165) is 64.6 Å². The Morgan fingerprint density at radius 3 is 2.61 bits per heavy atom. The van der Waals surface area contributed by atoms with Crippen LogP contribution in [0.2, 0.25) is 0 Å². The summed E-state index contributed by atoms with van der Waals surface area (Å²) in [6.45, 7) is 10.2. The average molecular weight is 508 g/mol. The van der Waals surface area contributed by atoms with Crippen LogP contribution in [0.15, 0.2) is 4.99 Å². The van der Waals surface area contributed by atoms with Crippen molar-refractivity contribution in [1.82, 2.24) is 15.1 Å². The Kier molecular flexibility index (Phi) is 11.4. The lowest BCUT2D eigenvalue weighted by molar-refractivity contribution is -0.0721. The maximum Gasteiger partial charge on any atom is 0.193 e. The molecule has 2 unspecified atom stereocenters. The van der Waals surface area contributed by atoms with E-state index in [1.165, 1.54) is 38.8 Å². The van der Waals surface area contributed by atoms with Crippen molar-refractivity contribution in [2.24, 2.45) is 10.9 Å². The monoisotopic (exact) mass is 508 g/mol. The quantitative estimate of drug-likeness (QED) is 0.340. The van der Waals surface area contributed by atoms with Crippen molar-refractivity contribution in [2.45, 2.75) is 64.1 Å². The molecule has 28 heavy (non-hydrogen) atoms. The van der Waals surface area contributed by atoms with Crippen LogP contribution in [-0.4, -0.2) is 87.5 Å². The fourth-order valence-electron chi connectivity index (χ4n) is 4.48. The van der Waals surface area contributed by atoms with Crippen molar-refractivity contribution < 1.29 is 9.47 Å². The minimum atomic E-state index is 0. The molecule has 3 saturated heterocycles. The first-order chi connectivity index (χ1) is 13.2. The fourth-order valence-corrected chi connectivity index (χ4v) is 4.48. The van der Waals surface area contributed by atoms with Gasteiger partial charge < -0.3 is 24.6 Å². The third kappa shape index (κ3) is 7.95. The molecule has 0 amide bonds. The zero-order chi connectivity index (χ0) is 18.9. The SMILES string of the molecule is CCNC(=NCC1CCCN(C)C1)N1CCC(OCC2CCCCO2)CC1.I. The van der Waals surface area contributed by atoms with Gasteiger partial charge in [-0.05, 0) is 71.4 Å². The summed E-state index contributed by atoms with van der Waals surface area (Å²) in [5.41, 5.74) is 0. The number of hydrogen-bond donors (Lipinski definition) is 1. The number of likely N-dealkylation sites (tertiary alicyclic amines) is 2. The Labute approximate surface area is 188 Å². The van der Waals surface area contributed by atoms with E-state index in [4.69, 9.17) is 14.5 Å². The fraction of sp³-hybridized carbons (Fsp3) is 0.952. The Morgan fingerprint density at radius 2 is 1.93 bits per heavy atom. The normalized spacial score (nSPS) is 28.1. The maximum absolute atomic E-state index is 6.16.